The smallest absolute Gasteiger partial charge is 0.126 e. The van der Waals surface area contributed by atoms with Crippen molar-refractivity contribution in [1.29, 1.82) is 0 Å². The third-order valence-corrected chi connectivity index (χ3v) is 3.22. The number of nitrogens with zero attached hydrogens (tertiary/aromatic N) is 1. The van der Waals surface area contributed by atoms with Crippen molar-refractivity contribution in [3.8, 4) is 0 Å². The molecule has 0 spiro atoms. The van der Waals surface area contributed by atoms with Crippen LogP contribution in [0.4, 0.5) is 5.82 Å². The average molecular weight is 227 g/mol. The van der Waals surface area contributed by atoms with Crippen molar-refractivity contribution in [2.45, 2.75) is 25.4 Å². The third-order valence-electron chi connectivity index (χ3n) is 3.22. The Hall–Kier alpha value is -1.61. The lowest BCUT2D eigenvalue weighted by atomic mass is 10.1. The van der Waals surface area contributed by atoms with E-state index in [1.165, 1.54) is 23.8 Å². The first-order chi connectivity index (χ1) is 8.36. The number of para-hydroxylation sites is 1. The standard InChI is InChI=1S/C14H17N3/c1-15-14-8-10(9-16-11-6-7-11)12-4-2-3-5-13(12)17-14/h2-5,8,11,16H,6-7,9H2,1H3,(H,15,17). The lowest BCUT2D eigenvalue weighted by Crippen LogP contribution is -2.15. The van der Waals surface area contributed by atoms with Crippen LogP contribution in [0, 0.1) is 0 Å². The fourth-order valence-corrected chi connectivity index (χ4v) is 2.06. The number of benzene rings is 1. The molecule has 1 aromatic carbocycles. The fourth-order valence-electron chi connectivity index (χ4n) is 2.06. The van der Waals surface area contributed by atoms with Crippen LogP contribution in [0.25, 0.3) is 10.9 Å². The van der Waals surface area contributed by atoms with Crippen molar-refractivity contribution in [2.75, 3.05) is 12.4 Å². The van der Waals surface area contributed by atoms with E-state index < -0.39 is 0 Å². The summed E-state index contributed by atoms with van der Waals surface area (Å²) >= 11 is 0. The highest BCUT2D eigenvalue weighted by molar-refractivity contribution is 5.83. The molecule has 1 aliphatic rings. The Labute approximate surface area is 101 Å². The number of pyridine rings is 1. The van der Waals surface area contributed by atoms with Crippen molar-refractivity contribution in [2.24, 2.45) is 0 Å². The Morgan fingerprint density at radius 1 is 1.29 bits per heavy atom. The SMILES string of the molecule is CNc1cc(CNC2CC2)c2ccccc2n1. The highest BCUT2D eigenvalue weighted by Gasteiger charge is 2.20. The first kappa shape index (κ1) is 10.5. The molecule has 3 nitrogen and oxygen atoms in total. The van der Waals surface area contributed by atoms with Gasteiger partial charge in [-0.15, -0.1) is 0 Å². The second kappa shape index (κ2) is 4.34. The molecule has 0 radical (unpaired) electrons. The second-order valence-corrected chi connectivity index (χ2v) is 4.59. The predicted octanol–water partition coefficient (Wildman–Crippen LogP) is 2.53. The van der Waals surface area contributed by atoms with Crippen LogP contribution in [0.1, 0.15) is 18.4 Å². The van der Waals surface area contributed by atoms with Gasteiger partial charge in [0, 0.05) is 25.0 Å². The molecule has 88 valence electrons. The van der Waals surface area contributed by atoms with E-state index >= 15 is 0 Å². The molecule has 2 aromatic rings. The summed E-state index contributed by atoms with van der Waals surface area (Å²) in [5.41, 5.74) is 2.39. The Morgan fingerprint density at radius 2 is 2.12 bits per heavy atom. The van der Waals surface area contributed by atoms with E-state index in [2.05, 4.69) is 39.9 Å². The van der Waals surface area contributed by atoms with Gasteiger partial charge >= 0.3 is 0 Å². The minimum absolute atomic E-state index is 0.736. The molecule has 1 heterocycles. The topological polar surface area (TPSA) is 37.0 Å². The molecular weight excluding hydrogens is 210 g/mol. The van der Waals surface area contributed by atoms with Crippen molar-refractivity contribution in [3.63, 3.8) is 0 Å². The van der Waals surface area contributed by atoms with Crippen LogP contribution in [0.5, 0.6) is 0 Å². The van der Waals surface area contributed by atoms with Crippen LogP contribution in [-0.4, -0.2) is 18.1 Å². The molecule has 1 aromatic heterocycles. The van der Waals surface area contributed by atoms with Crippen LogP contribution in [0.3, 0.4) is 0 Å². The van der Waals surface area contributed by atoms with Crippen molar-refractivity contribution in [1.82, 2.24) is 10.3 Å². The first-order valence-corrected chi connectivity index (χ1v) is 6.16. The summed E-state index contributed by atoms with van der Waals surface area (Å²) in [7, 11) is 1.91. The molecule has 2 N–H and O–H groups in total. The minimum Gasteiger partial charge on any atom is -0.373 e. The number of hydrogen-bond donors (Lipinski definition) is 2. The first-order valence-electron chi connectivity index (χ1n) is 6.16. The van der Waals surface area contributed by atoms with Gasteiger partial charge in [0.15, 0.2) is 0 Å². The predicted molar refractivity (Wildman–Crippen MR) is 71.2 cm³/mol. The van der Waals surface area contributed by atoms with E-state index in [0.717, 1.165) is 23.9 Å². The van der Waals surface area contributed by atoms with E-state index in [0.29, 0.717) is 0 Å². The lowest BCUT2D eigenvalue weighted by molar-refractivity contribution is 0.691. The fraction of sp³-hybridized carbons (Fsp3) is 0.357. The number of hydrogen-bond acceptors (Lipinski definition) is 3. The van der Waals surface area contributed by atoms with E-state index in [1.54, 1.807) is 0 Å². The van der Waals surface area contributed by atoms with Crippen LogP contribution in [0.2, 0.25) is 0 Å². The Balaban J connectivity index is 1.99. The summed E-state index contributed by atoms with van der Waals surface area (Å²) in [5, 5.41) is 7.93. The van der Waals surface area contributed by atoms with E-state index in [9.17, 15) is 0 Å². The summed E-state index contributed by atoms with van der Waals surface area (Å²) in [6.07, 6.45) is 2.64. The zero-order valence-corrected chi connectivity index (χ0v) is 10.0. The van der Waals surface area contributed by atoms with Gasteiger partial charge in [0.05, 0.1) is 5.52 Å². The molecule has 0 unspecified atom stereocenters. The summed E-state index contributed by atoms with van der Waals surface area (Å²) in [5.74, 6) is 0.941. The van der Waals surface area contributed by atoms with E-state index in [-0.39, 0.29) is 0 Å². The number of rotatable bonds is 4. The van der Waals surface area contributed by atoms with Crippen molar-refractivity contribution in [3.05, 3.63) is 35.9 Å². The maximum Gasteiger partial charge on any atom is 0.126 e. The van der Waals surface area contributed by atoms with Gasteiger partial charge in [-0.05, 0) is 30.5 Å². The molecule has 1 fully saturated rings. The average Bonchev–Trinajstić information content (AvgIpc) is 3.19. The van der Waals surface area contributed by atoms with Crippen LogP contribution in [-0.2, 0) is 6.54 Å². The Bertz CT molecular complexity index is 532. The van der Waals surface area contributed by atoms with E-state index in [1.807, 2.05) is 13.1 Å². The molecule has 1 saturated carbocycles. The zero-order valence-electron chi connectivity index (χ0n) is 10.0. The second-order valence-electron chi connectivity index (χ2n) is 4.59. The molecule has 0 bridgehead atoms. The van der Waals surface area contributed by atoms with Crippen LogP contribution < -0.4 is 10.6 Å². The molecular formula is C14H17N3. The van der Waals surface area contributed by atoms with Gasteiger partial charge in [0.25, 0.3) is 0 Å². The Morgan fingerprint density at radius 3 is 2.88 bits per heavy atom. The number of anilines is 1. The molecule has 0 atom stereocenters. The monoisotopic (exact) mass is 227 g/mol. The van der Waals surface area contributed by atoms with E-state index in [4.69, 9.17) is 0 Å². The summed E-state index contributed by atoms with van der Waals surface area (Å²) in [6.45, 7) is 0.933. The van der Waals surface area contributed by atoms with Gasteiger partial charge in [0.1, 0.15) is 5.82 Å². The van der Waals surface area contributed by atoms with Crippen LogP contribution in [0.15, 0.2) is 30.3 Å². The van der Waals surface area contributed by atoms with Gasteiger partial charge in [0.2, 0.25) is 0 Å². The summed E-state index contributed by atoms with van der Waals surface area (Å²) in [6, 6.07) is 11.2. The lowest BCUT2D eigenvalue weighted by Gasteiger charge is -2.10. The normalized spacial score (nSPS) is 15.1. The van der Waals surface area contributed by atoms with Gasteiger partial charge in [-0.3, -0.25) is 0 Å². The number of aromatic nitrogens is 1. The van der Waals surface area contributed by atoms with Crippen LogP contribution >= 0.6 is 0 Å². The van der Waals surface area contributed by atoms with Gasteiger partial charge in [-0.2, -0.15) is 0 Å². The van der Waals surface area contributed by atoms with Crippen molar-refractivity contribution < 1.29 is 0 Å². The number of nitrogens with one attached hydrogen (secondary N) is 2. The maximum atomic E-state index is 4.56. The highest BCUT2D eigenvalue weighted by Crippen LogP contribution is 2.23. The Kier molecular flexibility index (Phi) is 2.69. The maximum absolute atomic E-state index is 4.56. The molecule has 3 rings (SSSR count). The molecule has 0 amide bonds. The summed E-state index contributed by atoms with van der Waals surface area (Å²) in [4.78, 5) is 4.56. The number of fused-ring (bicyclic) bond motifs is 1. The zero-order chi connectivity index (χ0) is 11.7. The molecule has 0 aliphatic heterocycles. The molecule has 3 heteroatoms. The third kappa shape index (κ3) is 2.24. The largest absolute Gasteiger partial charge is 0.373 e. The quantitative estimate of drug-likeness (QED) is 0.842. The molecule has 17 heavy (non-hydrogen) atoms. The summed E-state index contributed by atoms with van der Waals surface area (Å²) < 4.78 is 0. The van der Waals surface area contributed by atoms with Crippen molar-refractivity contribution >= 4 is 16.7 Å². The molecule has 1 aliphatic carbocycles. The van der Waals surface area contributed by atoms with Gasteiger partial charge < -0.3 is 10.6 Å². The molecule has 0 saturated heterocycles. The highest BCUT2D eigenvalue weighted by atomic mass is 15.0. The minimum atomic E-state index is 0.736. The van der Waals surface area contributed by atoms with Gasteiger partial charge in [-0.25, -0.2) is 4.98 Å². The van der Waals surface area contributed by atoms with Gasteiger partial charge in [-0.1, -0.05) is 18.2 Å².